The molecule has 2 heterocycles. The number of nitrogens with zero attached hydrogens (tertiary/aromatic N) is 1. The predicted octanol–water partition coefficient (Wildman–Crippen LogP) is 4.11. The van der Waals surface area contributed by atoms with Crippen LogP contribution in [0.15, 0.2) is 95.4 Å². The molecule has 0 unspecified atom stereocenters. The molecular weight excluding hydrogens is 430 g/mol. The van der Waals surface area contributed by atoms with Crippen LogP contribution in [0.3, 0.4) is 0 Å². The molecule has 34 heavy (non-hydrogen) atoms. The third-order valence-corrected chi connectivity index (χ3v) is 6.07. The Bertz CT molecular complexity index is 1290. The van der Waals surface area contributed by atoms with Gasteiger partial charge in [0.15, 0.2) is 5.54 Å². The van der Waals surface area contributed by atoms with Crippen LogP contribution in [0.25, 0.3) is 11.0 Å². The fraction of sp³-hybridized carbons (Fsp3) is 0.148. The Morgan fingerprint density at radius 2 is 1.53 bits per heavy atom. The fourth-order valence-electron chi connectivity index (χ4n) is 4.37. The van der Waals surface area contributed by atoms with Crippen LogP contribution in [0.1, 0.15) is 29.9 Å². The molecule has 0 aliphatic carbocycles. The van der Waals surface area contributed by atoms with E-state index in [4.69, 9.17) is 4.42 Å². The zero-order chi connectivity index (χ0) is 23.7. The standard InChI is InChI=1S/C27H23N3O4/c1-18(23-16-19-10-8-9-15-22(19)34-23)28-24(31)17-30-25(32)27(29-26(30)33,20-11-4-2-5-12-20)21-13-6-3-7-14-21/h2-16,18H,17H2,1H3,(H,28,31)(H,29,33)/t18-/m1/s1. The summed E-state index contributed by atoms with van der Waals surface area (Å²) in [6.45, 7) is 1.39. The first-order valence-corrected chi connectivity index (χ1v) is 11.0. The van der Waals surface area contributed by atoms with E-state index in [0.29, 0.717) is 16.9 Å². The van der Waals surface area contributed by atoms with Crippen LogP contribution >= 0.6 is 0 Å². The van der Waals surface area contributed by atoms with Gasteiger partial charge in [-0.25, -0.2) is 4.79 Å². The molecular formula is C27H23N3O4. The number of nitrogens with one attached hydrogen (secondary N) is 2. The summed E-state index contributed by atoms with van der Waals surface area (Å²) in [5.41, 5.74) is 0.573. The number of urea groups is 1. The van der Waals surface area contributed by atoms with Gasteiger partial charge >= 0.3 is 6.03 Å². The molecule has 1 aliphatic rings. The quantitative estimate of drug-likeness (QED) is 0.430. The van der Waals surface area contributed by atoms with Gasteiger partial charge in [0, 0.05) is 5.39 Å². The van der Waals surface area contributed by atoms with E-state index < -0.39 is 36.0 Å². The van der Waals surface area contributed by atoms with E-state index in [1.165, 1.54) is 0 Å². The van der Waals surface area contributed by atoms with Crippen molar-refractivity contribution in [2.75, 3.05) is 6.54 Å². The number of hydrogen-bond donors (Lipinski definition) is 2. The number of rotatable bonds is 6. The largest absolute Gasteiger partial charge is 0.459 e. The highest BCUT2D eigenvalue weighted by molar-refractivity contribution is 6.11. The van der Waals surface area contributed by atoms with Crippen LogP contribution in [0.2, 0.25) is 0 Å². The number of imide groups is 1. The van der Waals surface area contributed by atoms with E-state index in [9.17, 15) is 14.4 Å². The second-order valence-electron chi connectivity index (χ2n) is 8.28. The average Bonchev–Trinajstić information content (AvgIpc) is 3.41. The number of hydrogen-bond acceptors (Lipinski definition) is 4. The van der Waals surface area contributed by atoms with E-state index in [2.05, 4.69) is 10.6 Å². The minimum absolute atomic E-state index is 0.406. The average molecular weight is 453 g/mol. The highest BCUT2D eigenvalue weighted by atomic mass is 16.3. The van der Waals surface area contributed by atoms with Crippen LogP contribution in [0, 0.1) is 0 Å². The molecule has 3 aromatic carbocycles. The van der Waals surface area contributed by atoms with Gasteiger partial charge in [-0.15, -0.1) is 0 Å². The molecule has 0 bridgehead atoms. The lowest BCUT2D eigenvalue weighted by molar-refractivity contribution is -0.134. The van der Waals surface area contributed by atoms with Crippen molar-refractivity contribution in [1.29, 1.82) is 0 Å². The Morgan fingerprint density at radius 3 is 2.15 bits per heavy atom. The molecule has 7 nitrogen and oxygen atoms in total. The van der Waals surface area contributed by atoms with Gasteiger partial charge in [-0.2, -0.15) is 0 Å². The predicted molar refractivity (Wildman–Crippen MR) is 127 cm³/mol. The van der Waals surface area contributed by atoms with Crippen molar-refractivity contribution >= 4 is 28.8 Å². The number of carbonyl (C=O) groups excluding carboxylic acids is 3. The maximum absolute atomic E-state index is 13.7. The Hall–Kier alpha value is -4.39. The normalized spacial score (nSPS) is 15.9. The Balaban J connectivity index is 1.38. The van der Waals surface area contributed by atoms with Gasteiger partial charge in [-0.05, 0) is 30.2 Å². The second kappa shape index (κ2) is 8.51. The van der Waals surface area contributed by atoms with Crippen molar-refractivity contribution in [2.45, 2.75) is 18.5 Å². The molecule has 0 radical (unpaired) electrons. The summed E-state index contributed by atoms with van der Waals surface area (Å²) in [7, 11) is 0. The molecule has 0 spiro atoms. The number of carbonyl (C=O) groups is 3. The first-order valence-electron chi connectivity index (χ1n) is 11.0. The van der Waals surface area contributed by atoms with Gasteiger partial charge in [0.1, 0.15) is 17.9 Å². The maximum atomic E-state index is 13.7. The summed E-state index contributed by atoms with van der Waals surface area (Å²) in [5, 5.41) is 6.61. The van der Waals surface area contributed by atoms with Crippen molar-refractivity contribution in [1.82, 2.24) is 15.5 Å². The third kappa shape index (κ3) is 3.61. The van der Waals surface area contributed by atoms with Crippen LogP contribution in [-0.4, -0.2) is 29.3 Å². The monoisotopic (exact) mass is 453 g/mol. The smallest absolute Gasteiger partial charge is 0.326 e. The molecule has 1 saturated heterocycles. The van der Waals surface area contributed by atoms with Crippen molar-refractivity contribution < 1.29 is 18.8 Å². The lowest BCUT2D eigenvalue weighted by atomic mass is 9.82. The lowest BCUT2D eigenvalue weighted by Crippen LogP contribution is -2.46. The minimum Gasteiger partial charge on any atom is -0.459 e. The zero-order valence-corrected chi connectivity index (χ0v) is 18.5. The van der Waals surface area contributed by atoms with E-state index >= 15 is 0 Å². The molecule has 4 aromatic rings. The number of furan rings is 1. The fourth-order valence-corrected chi connectivity index (χ4v) is 4.37. The van der Waals surface area contributed by atoms with Gasteiger partial charge in [-0.1, -0.05) is 78.9 Å². The van der Waals surface area contributed by atoms with Crippen molar-refractivity contribution in [2.24, 2.45) is 0 Å². The Labute approximate surface area is 196 Å². The van der Waals surface area contributed by atoms with Gasteiger partial charge in [-0.3, -0.25) is 14.5 Å². The molecule has 7 heteroatoms. The van der Waals surface area contributed by atoms with Gasteiger partial charge in [0.05, 0.1) is 6.04 Å². The SMILES string of the molecule is C[C@@H](NC(=O)CN1C(=O)NC(c2ccccc2)(c2ccccc2)C1=O)c1cc2ccccc2o1. The van der Waals surface area contributed by atoms with Crippen LogP contribution in [-0.2, 0) is 15.1 Å². The first-order chi connectivity index (χ1) is 16.5. The summed E-state index contributed by atoms with van der Waals surface area (Å²) >= 11 is 0. The molecule has 1 aliphatic heterocycles. The molecule has 0 saturated carbocycles. The molecule has 5 rings (SSSR count). The molecule has 170 valence electrons. The lowest BCUT2D eigenvalue weighted by Gasteiger charge is -2.28. The molecule has 1 aromatic heterocycles. The number of benzene rings is 3. The topological polar surface area (TPSA) is 91.7 Å². The Morgan fingerprint density at radius 1 is 0.941 bits per heavy atom. The molecule has 1 atom stereocenters. The van der Waals surface area contributed by atoms with Crippen LogP contribution in [0.5, 0.6) is 0 Å². The van der Waals surface area contributed by atoms with Crippen molar-refractivity contribution in [3.63, 3.8) is 0 Å². The van der Waals surface area contributed by atoms with Crippen LogP contribution in [0.4, 0.5) is 4.79 Å². The van der Waals surface area contributed by atoms with Crippen molar-refractivity contribution in [3.8, 4) is 0 Å². The number of fused-ring (bicyclic) bond motifs is 1. The molecule has 2 N–H and O–H groups in total. The molecule has 1 fully saturated rings. The van der Waals surface area contributed by atoms with E-state index in [1.807, 2.05) is 66.7 Å². The van der Waals surface area contributed by atoms with E-state index in [0.717, 1.165) is 15.9 Å². The van der Waals surface area contributed by atoms with Gasteiger partial charge < -0.3 is 15.1 Å². The minimum atomic E-state index is -1.40. The number of para-hydroxylation sites is 1. The third-order valence-electron chi connectivity index (χ3n) is 6.07. The number of amides is 4. The summed E-state index contributed by atoms with van der Waals surface area (Å²) in [6, 6.07) is 26.5. The highest BCUT2D eigenvalue weighted by Gasteiger charge is 2.54. The first kappa shape index (κ1) is 21.5. The summed E-state index contributed by atoms with van der Waals surface area (Å²) in [4.78, 5) is 40.4. The summed E-state index contributed by atoms with van der Waals surface area (Å²) < 4.78 is 5.82. The van der Waals surface area contributed by atoms with Crippen LogP contribution < -0.4 is 10.6 Å². The Kier molecular flexibility index (Phi) is 5.37. The second-order valence-corrected chi connectivity index (χ2v) is 8.28. The highest BCUT2D eigenvalue weighted by Crippen LogP contribution is 2.36. The van der Waals surface area contributed by atoms with E-state index in [-0.39, 0.29) is 0 Å². The van der Waals surface area contributed by atoms with Gasteiger partial charge in [0.2, 0.25) is 5.91 Å². The zero-order valence-electron chi connectivity index (χ0n) is 18.5. The summed E-state index contributed by atoms with van der Waals surface area (Å²) in [6.07, 6.45) is 0. The maximum Gasteiger partial charge on any atom is 0.326 e. The van der Waals surface area contributed by atoms with Crippen molar-refractivity contribution in [3.05, 3.63) is 108 Å². The van der Waals surface area contributed by atoms with Gasteiger partial charge in [0.25, 0.3) is 5.91 Å². The van der Waals surface area contributed by atoms with E-state index in [1.54, 1.807) is 31.2 Å². The summed E-state index contributed by atoms with van der Waals surface area (Å²) in [5.74, 6) is -0.371. The molecule has 4 amide bonds.